The highest BCUT2D eigenvalue weighted by Gasteiger charge is 2.14. The summed E-state index contributed by atoms with van der Waals surface area (Å²) >= 11 is 12.2. The minimum Gasteiger partial charge on any atom is -0.493 e. The van der Waals surface area contributed by atoms with Crippen LogP contribution in [0.15, 0.2) is 36.4 Å². The van der Waals surface area contributed by atoms with Crippen molar-refractivity contribution < 1.29 is 19.0 Å². The molecule has 0 N–H and O–H groups in total. The molecule has 26 heavy (non-hydrogen) atoms. The SMILES string of the molecule is COC(=O)COc1c(Cl)cc(/C=C(/C#N)c2cccc(Cl)c2)cc1OC. The predicted molar refractivity (Wildman–Crippen MR) is 100 cm³/mol. The lowest BCUT2D eigenvalue weighted by Crippen LogP contribution is -2.13. The third-order valence-corrected chi connectivity index (χ3v) is 3.90. The van der Waals surface area contributed by atoms with E-state index in [9.17, 15) is 10.1 Å². The van der Waals surface area contributed by atoms with Crippen molar-refractivity contribution in [1.29, 1.82) is 5.26 Å². The zero-order chi connectivity index (χ0) is 19.1. The van der Waals surface area contributed by atoms with Crippen LogP contribution in [-0.4, -0.2) is 26.8 Å². The Kier molecular flexibility index (Phi) is 6.90. The second-order valence-corrected chi connectivity index (χ2v) is 5.92. The van der Waals surface area contributed by atoms with Crippen LogP contribution in [0.25, 0.3) is 11.6 Å². The smallest absolute Gasteiger partial charge is 0.343 e. The maximum atomic E-state index is 11.2. The average Bonchev–Trinajstić information content (AvgIpc) is 2.64. The van der Waals surface area contributed by atoms with Gasteiger partial charge in [0.05, 0.1) is 30.9 Å². The fourth-order valence-corrected chi connectivity index (χ4v) is 2.62. The van der Waals surface area contributed by atoms with E-state index in [0.717, 1.165) is 0 Å². The lowest BCUT2D eigenvalue weighted by atomic mass is 10.0. The maximum absolute atomic E-state index is 11.2. The Morgan fingerprint density at radius 3 is 2.62 bits per heavy atom. The Balaban J connectivity index is 2.39. The van der Waals surface area contributed by atoms with Crippen molar-refractivity contribution in [3.8, 4) is 17.6 Å². The molecule has 0 amide bonds. The first-order valence-corrected chi connectivity index (χ1v) is 8.19. The number of hydrogen-bond acceptors (Lipinski definition) is 5. The third kappa shape index (κ3) is 4.92. The lowest BCUT2D eigenvalue weighted by Gasteiger charge is -2.12. The van der Waals surface area contributed by atoms with Gasteiger partial charge in [-0.25, -0.2) is 4.79 Å². The number of nitrogens with zero attached hydrogens (tertiary/aromatic N) is 1. The Bertz CT molecular complexity index is 888. The van der Waals surface area contributed by atoms with E-state index in [0.29, 0.717) is 27.5 Å². The van der Waals surface area contributed by atoms with Gasteiger partial charge in [-0.15, -0.1) is 0 Å². The largest absolute Gasteiger partial charge is 0.493 e. The molecule has 7 heteroatoms. The fourth-order valence-electron chi connectivity index (χ4n) is 2.16. The van der Waals surface area contributed by atoms with E-state index in [1.807, 2.05) is 0 Å². The molecule has 0 aliphatic heterocycles. The molecule has 0 unspecified atom stereocenters. The molecule has 0 atom stereocenters. The highest BCUT2D eigenvalue weighted by molar-refractivity contribution is 6.32. The molecule has 134 valence electrons. The predicted octanol–water partition coefficient (Wildman–Crippen LogP) is 4.62. The summed E-state index contributed by atoms with van der Waals surface area (Å²) in [5.74, 6) is 0.00818. The second-order valence-electron chi connectivity index (χ2n) is 5.08. The molecule has 0 aliphatic rings. The summed E-state index contributed by atoms with van der Waals surface area (Å²) in [6.07, 6.45) is 1.66. The molecule has 0 aliphatic carbocycles. The molecule has 0 bridgehead atoms. The third-order valence-electron chi connectivity index (χ3n) is 3.38. The van der Waals surface area contributed by atoms with Crippen LogP contribution in [-0.2, 0) is 9.53 Å². The van der Waals surface area contributed by atoms with Crippen molar-refractivity contribution in [3.05, 3.63) is 57.6 Å². The monoisotopic (exact) mass is 391 g/mol. The molecule has 0 radical (unpaired) electrons. The van der Waals surface area contributed by atoms with Crippen LogP contribution in [0.2, 0.25) is 10.0 Å². The fraction of sp³-hybridized carbons (Fsp3) is 0.158. The Hall–Kier alpha value is -2.68. The van der Waals surface area contributed by atoms with Gasteiger partial charge in [0.1, 0.15) is 0 Å². The van der Waals surface area contributed by atoms with Crippen LogP contribution in [0.3, 0.4) is 0 Å². The number of rotatable bonds is 6. The first kappa shape index (κ1) is 19.6. The van der Waals surface area contributed by atoms with Crippen molar-refractivity contribution in [3.63, 3.8) is 0 Å². The van der Waals surface area contributed by atoms with Gasteiger partial charge in [-0.3, -0.25) is 0 Å². The van der Waals surface area contributed by atoms with Crippen molar-refractivity contribution in [2.75, 3.05) is 20.8 Å². The van der Waals surface area contributed by atoms with Crippen LogP contribution in [0.1, 0.15) is 11.1 Å². The van der Waals surface area contributed by atoms with Gasteiger partial charge in [0.25, 0.3) is 0 Å². The number of carbonyl (C=O) groups is 1. The summed E-state index contributed by atoms with van der Waals surface area (Å²) in [5, 5.41) is 10.2. The number of benzene rings is 2. The van der Waals surface area contributed by atoms with E-state index in [1.54, 1.807) is 42.5 Å². The number of esters is 1. The molecular formula is C19H15Cl2NO4. The van der Waals surface area contributed by atoms with Gasteiger partial charge in [0.2, 0.25) is 0 Å². The first-order chi connectivity index (χ1) is 12.5. The topological polar surface area (TPSA) is 68.5 Å². The van der Waals surface area contributed by atoms with Crippen LogP contribution in [0.4, 0.5) is 0 Å². The standard InChI is InChI=1S/C19H15Cl2NO4/c1-24-17-8-12(7-16(21)19(17)26-11-18(23)25-2)6-14(10-22)13-4-3-5-15(20)9-13/h3-9H,11H2,1-2H3/b14-6-. The highest BCUT2D eigenvalue weighted by atomic mass is 35.5. The van der Waals surface area contributed by atoms with Gasteiger partial charge in [-0.1, -0.05) is 35.3 Å². The number of halogens is 2. The lowest BCUT2D eigenvalue weighted by molar-refractivity contribution is -0.142. The number of nitriles is 1. The van der Waals surface area contributed by atoms with E-state index < -0.39 is 5.97 Å². The van der Waals surface area contributed by atoms with Gasteiger partial charge in [0, 0.05) is 5.02 Å². The Morgan fingerprint density at radius 2 is 2.00 bits per heavy atom. The van der Waals surface area contributed by atoms with Crippen LogP contribution >= 0.6 is 23.2 Å². The Labute approximate surface area is 161 Å². The first-order valence-electron chi connectivity index (χ1n) is 7.43. The molecule has 0 aromatic heterocycles. The van der Waals surface area contributed by atoms with Crippen molar-refractivity contribution in [1.82, 2.24) is 0 Å². The summed E-state index contributed by atoms with van der Waals surface area (Å²) in [4.78, 5) is 11.2. The van der Waals surface area contributed by atoms with Crippen LogP contribution < -0.4 is 9.47 Å². The number of hydrogen-bond donors (Lipinski definition) is 0. The maximum Gasteiger partial charge on any atom is 0.343 e. The molecule has 0 spiro atoms. The number of ether oxygens (including phenoxy) is 3. The van der Waals surface area contributed by atoms with E-state index in [2.05, 4.69) is 10.8 Å². The highest BCUT2D eigenvalue weighted by Crippen LogP contribution is 2.37. The van der Waals surface area contributed by atoms with E-state index >= 15 is 0 Å². The number of methoxy groups -OCH3 is 2. The summed E-state index contributed by atoms with van der Waals surface area (Å²) in [5.41, 5.74) is 1.73. The molecule has 5 nitrogen and oxygen atoms in total. The van der Waals surface area contributed by atoms with Gasteiger partial charge in [-0.2, -0.15) is 5.26 Å². The molecule has 2 aromatic carbocycles. The summed E-state index contributed by atoms with van der Waals surface area (Å²) in [6, 6.07) is 12.4. The van der Waals surface area contributed by atoms with Crippen molar-refractivity contribution >= 4 is 40.8 Å². The molecule has 0 heterocycles. The summed E-state index contributed by atoms with van der Waals surface area (Å²) in [7, 11) is 2.71. The van der Waals surface area contributed by atoms with Crippen molar-refractivity contribution in [2.24, 2.45) is 0 Å². The van der Waals surface area contributed by atoms with Crippen LogP contribution in [0.5, 0.6) is 11.5 Å². The van der Waals surface area contributed by atoms with Gasteiger partial charge >= 0.3 is 5.97 Å². The molecule has 0 fully saturated rings. The number of carbonyl (C=O) groups excluding carboxylic acids is 1. The number of allylic oxidation sites excluding steroid dienone is 1. The van der Waals surface area contributed by atoms with Crippen LogP contribution in [0, 0.1) is 11.3 Å². The van der Waals surface area contributed by atoms with Gasteiger partial charge < -0.3 is 14.2 Å². The summed E-state index contributed by atoms with van der Waals surface area (Å²) in [6.45, 7) is -0.298. The molecule has 0 saturated carbocycles. The Morgan fingerprint density at radius 1 is 1.23 bits per heavy atom. The molecule has 2 aromatic rings. The second kappa shape index (κ2) is 9.14. The van der Waals surface area contributed by atoms with E-state index in [-0.39, 0.29) is 17.4 Å². The van der Waals surface area contributed by atoms with E-state index in [4.69, 9.17) is 32.7 Å². The minimum atomic E-state index is -0.542. The molecule has 2 rings (SSSR count). The van der Waals surface area contributed by atoms with E-state index in [1.165, 1.54) is 14.2 Å². The normalized spacial score (nSPS) is 10.8. The van der Waals surface area contributed by atoms with Gasteiger partial charge in [0.15, 0.2) is 18.1 Å². The quantitative estimate of drug-likeness (QED) is 0.408. The summed E-state index contributed by atoms with van der Waals surface area (Å²) < 4.78 is 15.2. The zero-order valence-corrected chi connectivity index (χ0v) is 15.6. The molecular weight excluding hydrogens is 377 g/mol. The minimum absolute atomic E-state index is 0.220. The average molecular weight is 392 g/mol. The zero-order valence-electron chi connectivity index (χ0n) is 14.1. The van der Waals surface area contributed by atoms with Crippen molar-refractivity contribution in [2.45, 2.75) is 0 Å². The molecule has 0 saturated heterocycles. The van der Waals surface area contributed by atoms with Gasteiger partial charge in [-0.05, 0) is 41.5 Å².